The average molecular weight is 357 g/mol. The molecule has 1 aromatic rings. The first kappa shape index (κ1) is 16.4. The standard InChI is InChI=1S/C15H21BrN2O3/c1-2-18-5-6-21-13(10-18)9-17-8-12-4-3-11(15(19)20)7-14(12)16/h3-4,7,13,17H,2,5-6,8-10H2,1H3,(H,19,20). The number of carboxylic acid groups (broad SMARTS) is 1. The summed E-state index contributed by atoms with van der Waals surface area (Å²) in [5, 5.41) is 12.3. The number of aromatic carboxylic acids is 1. The van der Waals surface area contributed by atoms with Gasteiger partial charge in [-0.2, -0.15) is 0 Å². The Kier molecular flexibility index (Phi) is 6.17. The fourth-order valence-electron chi connectivity index (χ4n) is 2.38. The minimum absolute atomic E-state index is 0.218. The molecule has 0 aromatic heterocycles. The molecule has 116 valence electrons. The maximum absolute atomic E-state index is 10.9. The molecule has 1 fully saturated rings. The number of hydrogen-bond acceptors (Lipinski definition) is 4. The number of rotatable bonds is 6. The lowest BCUT2D eigenvalue weighted by Gasteiger charge is -2.32. The van der Waals surface area contributed by atoms with E-state index < -0.39 is 5.97 Å². The van der Waals surface area contributed by atoms with Crippen LogP contribution in [0.15, 0.2) is 22.7 Å². The lowest BCUT2D eigenvalue weighted by Crippen LogP contribution is -2.46. The molecule has 0 radical (unpaired) electrons. The fraction of sp³-hybridized carbons (Fsp3) is 0.533. The molecule has 6 heteroatoms. The highest BCUT2D eigenvalue weighted by Crippen LogP contribution is 2.18. The summed E-state index contributed by atoms with van der Waals surface area (Å²) in [5.41, 5.74) is 1.34. The van der Waals surface area contributed by atoms with Crippen molar-refractivity contribution in [2.75, 3.05) is 32.8 Å². The smallest absolute Gasteiger partial charge is 0.335 e. The van der Waals surface area contributed by atoms with Crippen molar-refractivity contribution in [1.29, 1.82) is 0 Å². The topological polar surface area (TPSA) is 61.8 Å². The van der Waals surface area contributed by atoms with Crippen LogP contribution in [-0.4, -0.2) is 54.9 Å². The highest BCUT2D eigenvalue weighted by Gasteiger charge is 2.18. The largest absolute Gasteiger partial charge is 0.478 e. The Morgan fingerprint density at radius 2 is 2.38 bits per heavy atom. The summed E-state index contributed by atoms with van der Waals surface area (Å²) >= 11 is 3.42. The highest BCUT2D eigenvalue weighted by atomic mass is 79.9. The van der Waals surface area contributed by atoms with E-state index in [1.807, 2.05) is 6.07 Å². The number of carbonyl (C=O) groups is 1. The Hall–Kier alpha value is -0.950. The number of ether oxygens (including phenoxy) is 1. The van der Waals surface area contributed by atoms with Crippen molar-refractivity contribution in [3.8, 4) is 0 Å². The zero-order valence-corrected chi connectivity index (χ0v) is 13.7. The minimum atomic E-state index is -0.912. The monoisotopic (exact) mass is 356 g/mol. The molecule has 1 unspecified atom stereocenters. The van der Waals surface area contributed by atoms with Gasteiger partial charge in [-0.25, -0.2) is 4.79 Å². The summed E-state index contributed by atoms with van der Waals surface area (Å²) in [6.45, 7) is 7.46. The number of nitrogens with one attached hydrogen (secondary N) is 1. The van der Waals surface area contributed by atoms with Crippen molar-refractivity contribution in [3.05, 3.63) is 33.8 Å². The van der Waals surface area contributed by atoms with E-state index in [-0.39, 0.29) is 6.10 Å². The van der Waals surface area contributed by atoms with Gasteiger partial charge < -0.3 is 15.2 Å². The molecule has 0 bridgehead atoms. The molecule has 21 heavy (non-hydrogen) atoms. The summed E-state index contributed by atoms with van der Waals surface area (Å²) in [6, 6.07) is 5.09. The molecule has 0 saturated carbocycles. The van der Waals surface area contributed by atoms with Crippen LogP contribution < -0.4 is 5.32 Å². The Morgan fingerprint density at radius 1 is 1.57 bits per heavy atom. The van der Waals surface area contributed by atoms with Gasteiger partial charge in [0.25, 0.3) is 0 Å². The van der Waals surface area contributed by atoms with Crippen molar-refractivity contribution in [3.63, 3.8) is 0 Å². The van der Waals surface area contributed by atoms with Crippen LogP contribution in [-0.2, 0) is 11.3 Å². The molecule has 1 atom stereocenters. The fourth-order valence-corrected chi connectivity index (χ4v) is 2.90. The van der Waals surface area contributed by atoms with E-state index in [2.05, 4.69) is 33.1 Å². The highest BCUT2D eigenvalue weighted by molar-refractivity contribution is 9.10. The summed E-state index contributed by atoms with van der Waals surface area (Å²) in [7, 11) is 0. The third-order valence-corrected chi connectivity index (χ3v) is 4.40. The van der Waals surface area contributed by atoms with Crippen LogP contribution in [0.25, 0.3) is 0 Å². The van der Waals surface area contributed by atoms with Gasteiger partial charge in [-0.15, -0.1) is 0 Å². The van der Waals surface area contributed by atoms with E-state index in [0.717, 1.165) is 42.8 Å². The number of carboxylic acids is 1. The molecule has 1 saturated heterocycles. The first-order valence-electron chi connectivity index (χ1n) is 7.16. The predicted octanol–water partition coefficient (Wildman–Crippen LogP) is 1.96. The van der Waals surface area contributed by atoms with Gasteiger partial charge in [0.1, 0.15) is 0 Å². The Balaban J connectivity index is 1.82. The van der Waals surface area contributed by atoms with Gasteiger partial charge in [-0.3, -0.25) is 4.90 Å². The van der Waals surface area contributed by atoms with Crippen LogP contribution in [0.5, 0.6) is 0 Å². The molecule has 2 rings (SSSR count). The Bertz CT molecular complexity index is 496. The lowest BCUT2D eigenvalue weighted by atomic mass is 10.1. The molecule has 5 nitrogen and oxygen atoms in total. The van der Waals surface area contributed by atoms with Gasteiger partial charge in [0, 0.05) is 30.7 Å². The Morgan fingerprint density at radius 3 is 3.05 bits per heavy atom. The Labute approximate surface area is 133 Å². The van der Waals surface area contributed by atoms with Crippen molar-refractivity contribution in [1.82, 2.24) is 10.2 Å². The van der Waals surface area contributed by atoms with Crippen LogP contribution in [0.2, 0.25) is 0 Å². The normalized spacial score (nSPS) is 19.6. The van der Waals surface area contributed by atoms with Crippen molar-refractivity contribution < 1.29 is 14.6 Å². The number of hydrogen-bond donors (Lipinski definition) is 2. The molecule has 2 N–H and O–H groups in total. The maximum atomic E-state index is 10.9. The predicted molar refractivity (Wildman–Crippen MR) is 84.7 cm³/mol. The van der Waals surface area contributed by atoms with Gasteiger partial charge in [0.05, 0.1) is 18.3 Å². The van der Waals surface area contributed by atoms with E-state index in [9.17, 15) is 4.79 Å². The van der Waals surface area contributed by atoms with Gasteiger partial charge >= 0.3 is 5.97 Å². The van der Waals surface area contributed by atoms with Crippen LogP contribution in [0.4, 0.5) is 0 Å². The van der Waals surface area contributed by atoms with Crippen molar-refractivity contribution in [2.45, 2.75) is 19.6 Å². The molecular formula is C15H21BrN2O3. The van der Waals surface area contributed by atoms with Gasteiger partial charge in [0.15, 0.2) is 0 Å². The van der Waals surface area contributed by atoms with E-state index in [0.29, 0.717) is 12.1 Å². The van der Waals surface area contributed by atoms with E-state index in [1.54, 1.807) is 12.1 Å². The van der Waals surface area contributed by atoms with E-state index in [1.165, 1.54) is 0 Å². The average Bonchev–Trinajstić information content (AvgIpc) is 2.49. The zero-order chi connectivity index (χ0) is 15.2. The first-order valence-corrected chi connectivity index (χ1v) is 7.96. The zero-order valence-electron chi connectivity index (χ0n) is 12.1. The molecule has 0 amide bonds. The first-order chi connectivity index (χ1) is 10.1. The second-order valence-corrected chi connectivity index (χ2v) is 5.98. The molecule has 0 aliphatic carbocycles. The van der Waals surface area contributed by atoms with Crippen molar-refractivity contribution >= 4 is 21.9 Å². The third kappa shape index (κ3) is 4.78. The number of likely N-dealkylation sites (N-methyl/N-ethyl adjacent to an activating group) is 1. The van der Waals surface area contributed by atoms with Crippen LogP contribution >= 0.6 is 15.9 Å². The molecule has 1 aliphatic rings. The van der Waals surface area contributed by atoms with Gasteiger partial charge in [-0.05, 0) is 24.2 Å². The number of halogens is 1. The molecule has 1 heterocycles. The summed E-state index contributed by atoms with van der Waals surface area (Å²) < 4.78 is 6.55. The second kappa shape index (κ2) is 7.89. The second-order valence-electron chi connectivity index (χ2n) is 5.13. The third-order valence-electron chi connectivity index (χ3n) is 3.66. The van der Waals surface area contributed by atoms with Crippen LogP contribution in [0, 0.1) is 0 Å². The van der Waals surface area contributed by atoms with Crippen LogP contribution in [0.1, 0.15) is 22.8 Å². The molecule has 1 aromatic carbocycles. The summed E-state index contributed by atoms with van der Waals surface area (Å²) in [4.78, 5) is 13.3. The van der Waals surface area contributed by atoms with Crippen LogP contribution in [0.3, 0.4) is 0 Å². The van der Waals surface area contributed by atoms with E-state index >= 15 is 0 Å². The van der Waals surface area contributed by atoms with Gasteiger partial charge in [-0.1, -0.05) is 28.9 Å². The molecule has 1 aliphatic heterocycles. The lowest BCUT2D eigenvalue weighted by molar-refractivity contribution is -0.0253. The molecule has 0 spiro atoms. The molecular weight excluding hydrogens is 336 g/mol. The minimum Gasteiger partial charge on any atom is -0.478 e. The number of nitrogens with zero attached hydrogens (tertiary/aromatic N) is 1. The van der Waals surface area contributed by atoms with E-state index in [4.69, 9.17) is 9.84 Å². The summed E-state index contributed by atoms with van der Waals surface area (Å²) in [6.07, 6.45) is 0.218. The number of morpholine rings is 1. The quantitative estimate of drug-likeness (QED) is 0.815. The van der Waals surface area contributed by atoms with Gasteiger partial charge in [0.2, 0.25) is 0 Å². The van der Waals surface area contributed by atoms with Crippen molar-refractivity contribution in [2.24, 2.45) is 0 Å². The number of benzene rings is 1. The summed E-state index contributed by atoms with van der Waals surface area (Å²) in [5.74, 6) is -0.912. The maximum Gasteiger partial charge on any atom is 0.335 e. The SMILES string of the molecule is CCN1CCOC(CNCc2ccc(C(=O)O)cc2Br)C1.